The molecule has 1 aromatic carbocycles. The lowest BCUT2D eigenvalue weighted by molar-refractivity contribution is -0.122. The summed E-state index contributed by atoms with van der Waals surface area (Å²) in [4.78, 5) is 18.9. The Morgan fingerprint density at radius 3 is 2.68 bits per heavy atom. The van der Waals surface area contributed by atoms with Crippen molar-refractivity contribution in [1.82, 2.24) is 9.80 Å². The number of benzene rings is 1. The van der Waals surface area contributed by atoms with E-state index in [4.69, 9.17) is 0 Å². The van der Waals surface area contributed by atoms with Crippen LogP contribution in [0.2, 0.25) is 0 Å². The summed E-state index contributed by atoms with van der Waals surface area (Å²) in [6.45, 7) is 2.49. The summed E-state index contributed by atoms with van der Waals surface area (Å²) in [6.07, 6.45) is 3.08. The molecule has 2 aliphatic rings. The Kier molecular flexibility index (Phi) is 4.45. The zero-order valence-corrected chi connectivity index (χ0v) is 13.3. The van der Waals surface area contributed by atoms with Crippen molar-refractivity contribution in [2.24, 2.45) is 0 Å². The van der Waals surface area contributed by atoms with Crippen molar-refractivity contribution >= 4 is 11.6 Å². The maximum Gasteiger partial charge on any atom is 0.244 e. The molecule has 2 heterocycles. The summed E-state index contributed by atoms with van der Waals surface area (Å²) in [5.74, 6) is -0.272. The van der Waals surface area contributed by atoms with Crippen LogP contribution in [0.25, 0.3) is 0 Å². The van der Waals surface area contributed by atoms with Gasteiger partial charge in [0.25, 0.3) is 0 Å². The lowest BCUT2D eigenvalue weighted by Crippen LogP contribution is -2.51. The van der Waals surface area contributed by atoms with Crippen molar-refractivity contribution in [2.75, 3.05) is 38.6 Å². The highest BCUT2D eigenvalue weighted by atomic mass is 19.1. The van der Waals surface area contributed by atoms with Crippen LogP contribution in [0, 0.1) is 5.82 Å². The first-order chi connectivity index (χ1) is 10.6. The van der Waals surface area contributed by atoms with Gasteiger partial charge in [-0.05, 0) is 52.0 Å². The molecule has 1 amide bonds. The molecule has 2 fully saturated rings. The highest BCUT2D eigenvalue weighted by molar-refractivity contribution is 5.99. The van der Waals surface area contributed by atoms with Crippen molar-refractivity contribution in [3.8, 4) is 0 Å². The number of hydrogen-bond acceptors (Lipinski definition) is 3. The van der Waals surface area contributed by atoms with E-state index >= 15 is 0 Å². The van der Waals surface area contributed by atoms with Crippen molar-refractivity contribution < 1.29 is 9.18 Å². The molecule has 120 valence electrons. The minimum Gasteiger partial charge on any atom is -0.308 e. The van der Waals surface area contributed by atoms with Crippen LogP contribution in [-0.2, 0) is 4.79 Å². The molecule has 4 nitrogen and oxygen atoms in total. The van der Waals surface area contributed by atoms with Crippen LogP contribution in [0.3, 0.4) is 0 Å². The molecule has 0 bridgehead atoms. The molecule has 22 heavy (non-hydrogen) atoms. The largest absolute Gasteiger partial charge is 0.308 e. The van der Waals surface area contributed by atoms with Crippen LogP contribution < -0.4 is 4.90 Å². The van der Waals surface area contributed by atoms with Gasteiger partial charge < -0.3 is 9.80 Å². The summed E-state index contributed by atoms with van der Waals surface area (Å²) < 4.78 is 13.9. The Morgan fingerprint density at radius 1 is 1.18 bits per heavy atom. The molecule has 0 radical (unpaired) electrons. The first kappa shape index (κ1) is 15.4. The van der Waals surface area contributed by atoms with Gasteiger partial charge in [-0.15, -0.1) is 0 Å². The average molecular weight is 305 g/mol. The fourth-order valence-electron chi connectivity index (χ4n) is 3.60. The predicted octanol–water partition coefficient (Wildman–Crippen LogP) is 1.96. The number of hydrogen-bond donors (Lipinski definition) is 0. The lowest BCUT2D eigenvalue weighted by atomic mass is 10.0. The van der Waals surface area contributed by atoms with Gasteiger partial charge in [0.05, 0.1) is 11.7 Å². The van der Waals surface area contributed by atoms with Gasteiger partial charge in [0, 0.05) is 19.1 Å². The monoisotopic (exact) mass is 305 g/mol. The molecular formula is C17H24FN3O. The normalized spacial score (nSPS) is 26.9. The smallest absolute Gasteiger partial charge is 0.244 e. The van der Waals surface area contributed by atoms with E-state index in [1.807, 2.05) is 0 Å². The molecule has 5 heteroatoms. The molecule has 0 saturated carbocycles. The lowest BCUT2D eigenvalue weighted by Gasteiger charge is -2.38. The topological polar surface area (TPSA) is 26.8 Å². The number of amides is 1. The van der Waals surface area contributed by atoms with Gasteiger partial charge in [0.1, 0.15) is 5.82 Å². The van der Waals surface area contributed by atoms with Crippen molar-refractivity contribution in [1.29, 1.82) is 0 Å². The second-order valence-corrected chi connectivity index (χ2v) is 6.50. The molecule has 2 unspecified atom stereocenters. The summed E-state index contributed by atoms with van der Waals surface area (Å²) >= 11 is 0. The number of carbonyl (C=O) groups is 1. The summed E-state index contributed by atoms with van der Waals surface area (Å²) in [6, 6.07) is 6.95. The molecule has 0 aliphatic carbocycles. The van der Waals surface area contributed by atoms with Crippen molar-refractivity contribution in [3.63, 3.8) is 0 Å². The molecule has 2 aliphatic heterocycles. The van der Waals surface area contributed by atoms with Gasteiger partial charge in [-0.2, -0.15) is 0 Å². The molecule has 1 aromatic rings. The van der Waals surface area contributed by atoms with Crippen LogP contribution in [0.1, 0.15) is 19.3 Å². The minimum atomic E-state index is -0.318. The van der Waals surface area contributed by atoms with E-state index in [0.29, 0.717) is 18.3 Å². The fraction of sp³-hybridized carbons (Fsp3) is 0.588. The van der Waals surface area contributed by atoms with E-state index in [1.165, 1.54) is 12.5 Å². The Balaban J connectivity index is 1.72. The number of anilines is 1. The van der Waals surface area contributed by atoms with E-state index in [1.54, 1.807) is 23.1 Å². The number of piperidine rings is 1. The molecular weight excluding hydrogens is 281 g/mol. The maximum absolute atomic E-state index is 13.9. The highest BCUT2D eigenvalue weighted by Crippen LogP contribution is 2.28. The summed E-state index contributed by atoms with van der Waals surface area (Å²) in [5.41, 5.74) is 0.413. The van der Waals surface area contributed by atoms with Gasteiger partial charge >= 0.3 is 0 Å². The standard InChI is InChI=1S/C17H24FN3O/c1-19(2)13-6-5-10-20(12-13)16-9-11-21(17(16)22)15-8-4-3-7-14(15)18/h3-4,7-8,13,16H,5-6,9-12H2,1-2H3. The first-order valence-corrected chi connectivity index (χ1v) is 8.04. The van der Waals surface area contributed by atoms with E-state index in [2.05, 4.69) is 23.9 Å². The minimum absolute atomic E-state index is 0.0458. The third-order valence-corrected chi connectivity index (χ3v) is 4.92. The Hall–Kier alpha value is -1.46. The summed E-state index contributed by atoms with van der Waals surface area (Å²) in [7, 11) is 4.19. The molecule has 0 aromatic heterocycles. The molecule has 2 saturated heterocycles. The van der Waals surface area contributed by atoms with Crippen LogP contribution in [-0.4, -0.2) is 61.5 Å². The number of carbonyl (C=O) groups excluding carboxylic acids is 1. The number of nitrogens with zero attached hydrogens (tertiary/aromatic N) is 3. The zero-order chi connectivity index (χ0) is 15.7. The van der Waals surface area contributed by atoms with Crippen molar-refractivity contribution in [2.45, 2.75) is 31.3 Å². The van der Waals surface area contributed by atoms with E-state index in [9.17, 15) is 9.18 Å². The Bertz CT molecular complexity index is 548. The molecule has 0 N–H and O–H groups in total. The SMILES string of the molecule is CN(C)C1CCCN(C2CCN(c3ccccc3F)C2=O)C1. The first-order valence-electron chi connectivity index (χ1n) is 8.04. The summed E-state index contributed by atoms with van der Waals surface area (Å²) in [5, 5.41) is 0. The number of halogens is 1. The maximum atomic E-state index is 13.9. The predicted molar refractivity (Wildman–Crippen MR) is 85.4 cm³/mol. The molecule has 0 spiro atoms. The zero-order valence-electron chi connectivity index (χ0n) is 13.3. The van der Waals surface area contributed by atoms with Gasteiger partial charge in [-0.3, -0.25) is 9.69 Å². The number of likely N-dealkylation sites (tertiary alicyclic amines) is 1. The number of likely N-dealkylation sites (N-methyl/N-ethyl adjacent to an activating group) is 1. The van der Waals surface area contributed by atoms with Crippen LogP contribution >= 0.6 is 0 Å². The third kappa shape index (κ3) is 2.88. The van der Waals surface area contributed by atoms with E-state index < -0.39 is 0 Å². The van der Waals surface area contributed by atoms with Crippen LogP contribution in [0.4, 0.5) is 10.1 Å². The van der Waals surface area contributed by atoms with Gasteiger partial charge in [0.2, 0.25) is 5.91 Å². The van der Waals surface area contributed by atoms with Gasteiger partial charge in [0.15, 0.2) is 0 Å². The fourth-order valence-corrected chi connectivity index (χ4v) is 3.60. The van der Waals surface area contributed by atoms with E-state index in [0.717, 1.165) is 25.9 Å². The van der Waals surface area contributed by atoms with Gasteiger partial charge in [-0.25, -0.2) is 4.39 Å². The third-order valence-electron chi connectivity index (χ3n) is 4.92. The molecule has 2 atom stereocenters. The van der Waals surface area contributed by atoms with Crippen LogP contribution in [0.5, 0.6) is 0 Å². The quantitative estimate of drug-likeness (QED) is 0.854. The van der Waals surface area contributed by atoms with Crippen molar-refractivity contribution in [3.05, 3.63) is 30.1 Å². The van der Waals surface area contributed by atoms with Crippen LogP contribution in [0.15, 0.2) is 24.3 Å². The Labute approximate surface area is 131 Å². The number of rotatable bonds is 3. The second kappa shape index (κ2) is 6.34. The number of para-hydroxylation sites is 1. The average Bonchev–Trinajstić information content (AvgIpc) is 2.89. The molecule has 3 rings (SSSR count). The van der Waals surface area contributed by atoms with E-state index in [-0.39, 0.29) is 17.8 Å². The highest BCUT2D eigenvalue weighted by Gasteiger charge is 2.39. The van der Waals surface area contributed by atoms with Gasteiger partial charge in [-0.1, -0.05) is 12.1 Å². The second-order valence-electron chi connectivity index (χ2n) is 6.50. The Morgan fingerprint density at radius 2 is 1.95 bits per heavy atom.